The number of carbonyl (C=O) groups is 1. The van der Waals surface area contributed by atoms with Gasteiger partial charge in [-0.1, -0.05) is 101 Å². The molecular formula is C32H56N2O2. The Labute approximate surface area is 223 Å². The minimum Gasteiger partial charge on any atom is -0.339 e. The van der Waals surface area contributed by atoms with Gasteiger partial charge in [0.1, 0.15) is 0 Å². The molecule has 36 heavy (non-hydrogen) atoms. The number of rotatable bonds is 3. The van der Waals surface area contributed by atoms with Crippen molar-refractivity contribution in [2.24, 2.45) is 16.7 Å². The Morgan fingerprint density at radius 2 is 1.22 bits per heavy atom. The number of piperidine rings is 1. The molecule has 1 fully saturated rings. The topological polar surface area (TPSA) is 42.3 Å². The smallest absolute Gasteiger partial charge is 0.253 e. The van der Waals surface area contributed by atoms with E-state index < -0.39 is 0 Å². The number of amides is 1. The van der Waals surface area contributed by atoms with E-state index in [2.05, 4.69) is 69.2 Å². The molecule has 0 spiro atoms. The molecule has 0 aliphatic carbocycles. The molecule has 1 saturated heterocycles. The Morgan fingerprint density at radius 1 is 0.778 bits per heavy atom. The van der Waals surface area contributed by atoms with Crippen LogP contribution in [0.3, 0.4) is 0 Å². The standard InChI is InChI=1S/C12H15NO.C9H13NO.2C5H12.CH4/c14-12(11-7-3-1-4-8-11)13-9-5-2-6-10-13;1-8(2)7-10-6-4-3-5-9(10)11;2*1-5(2,3)4;/h1,3-4,7-8H,2,5-6,9-10H2;3-6,8H,7H2,1-2H3;2*1-4H3;1H4. The zero-order chi connectivity index (χ0) is 27.1. The van der Waals surface area contributed by atoms with Crippen molar-refractivity contribution in [2.75, 3.05) is 13.1 Å². The highest BCUT2D eigenvalue weighted by molar-refractivity contribution is 5.94. The molecule has 0 radical (unpaired) electrons. The number of likely N-dealkylation sites (tertiary alicyclic amines) is 1. The van der Waals surface area contributed by atoms with Crippen LogP contribution in [0.4, 0.5) is 0 Å². The Hall–Kier alpha value is -2.36. The number of hydrogen-bond donors (Lipinski definition) is 0. The second-order valence-corrected chi connectivity index (χ2v) is 12.8. The molecule has 1 aromatic carbocycles. The third-order valence-electron chi connectivity index (χ3n) is 4.12. The summed E-state index contributed by atoms with van der Waals surface area (Å²) < 4.78 is 1.73. The monoisotopic (exact) mass is 500 g/mol. The van der Waals surface area contributed by atoms with Crippen LogP contribution < -0.4 is 5.56 Å². The zero-order valence-corrected chi connectivity index (χ0v) is 24.2. The van der Waals surface area contributed by atoms with E-state index >= 15 is 0 Å². The molecule has 1 amide bonds. The number of nitrogens with zero attached hydrogens (tertiary/aromatic N) is 2. The van der Waals surface area contributed by atoms with Crippen molar-refractivity contribution in [2.45, 2.75) is 102 Å². The molecule has 2 aromatic rings. The average molecular weight is 501 g/mol. The van der Waals surface area contributed by atoms with Crippen LogP contribution in [-0.2, 0) is 6.54 Å². The van der Waals surface area contributed by atoms with E-state index in [0.717, 1.165) is 38.0 Å². The quantitative estimate of drug-likeness (QED) is 0.423. The Balaban J connectivity index is 0. The molecule has 206 valence electrons. The van der Waals surface area contributed by atoms with E-state index in [1.54, 1.807) is 16.7 Å². The zero-order valence-electron chi connectivity index (χ0n) is 24.2. The molecule has 4 nitrogen and oxygen atoms in total. The van der Waals surface area contributed by atoms with Gasteiger partial charge in [-0.3, -0.25) is 9.59 Å². The summed E-state index contributed by atoms with van der Waals surface area (Å²) in [4.78, 5) is 25.0. The second kappa shape index (κ2) is 18.0. The van der Waals surface area contributed by atoms with Crippen LogP contribution in [0.1, 0.15) is 106 Å². The van der Waals surface area contributed by atoms with Gasteiger partial charge < -0.3 is 9.47 Å². The van der Waals surface area contributed by atoms with Crippen molar-refractivity contribution < 1.29 is 4.79 Å². The van der Waals surface area contributed by atoms with Crippen molar-refractivity contribution in [3.63, 3.8) is 0 Å². The maximum atomic E-state index is 11.9. The lowest BCUT2D eigenvalue weighted by Gasteiger charge is -2.26. The van der Waals surface area contributed by atoms with Crippen molar-refractivity contribution in [3.05, 3.63) is 70.6 Å². The summed E-state index contributed by atoms with van der Waals surface area (Å²) in [5, 5.41) is 0. The fraction of sp³-hybridized carbons (Fsp3) is 0.625. The van der Waals surface area contributed by atoms with Gasteiger partial charge in [0.15, 0.2) is 0 Å². The molecule has 0 N–H and O–H groups in total. The van der Waals surface area contributed by atoms with Gasteiger partial charge in [0, 0.05) is 37.5 Å². The van der Waals surface area contributed by atoms with Crippen LogP contribution in [0.15, 0.2) is 59.5 Å². The summed E-state index contributed by atoms with van der Waals surface area (Å²) in [6.45, 7) is 24.3. The van der Waals surface area contributed by atoms with Gasteiger partial charge in [-0.15, -0.1) is 0 Å². The van der Waals surface area contributed by atoms with E-state index in [0.29, 0.717) is 16.7 Å². The first-order valence-electron chi connectivity index (χ1n) is 13.1. The van der Waals surface area contributed by atoms with Crippen molar-refractivity contribution in [3.8, 4) is 0 Å². The van der Waals surface area contributed by atoms with Crippen molar-refractivity contribution in [1.29, 1.82) is 0 Å². The Bertz CT molecular complexity index is 841. The van der Waals surface area contributed by atoms with Crippen LogP contribution in [0, 0.1) is 16.7 Å². The van der Waals surface area contributed by atoms with Crippen molar-refractivity contribution in [1.82, 2.24) is 9.47 Å². The average Bonchev–Trinajstić information content (AvgIpc) is 2.74. The lowest BCUT2D eigenvalue weighted by molar-refractivity contribution is 0.0724. The predicted molar refractivity (Wildman–Crippen MR) is 159 cm³/mol. The molecule has 1 aromatic heterocycles. The summed E-state index contributed by atoms with van der Waals surface area (Å²) in [7, 11) is 0. The molecule has 0 atom stereocenters. The minimum atomic E-state index is 0. The Kier molecular flexibility index (Phi) is 17.9. The molecule has 1 aliphatic heterocycles. The van der Waals surface area contributed by atoms with Gasteiger partial charge in [0.25, 0.3) is 11.5 Å². The number of benzene rings is 1. The van der Waals surface area contributed by atoms with Crippen LogP contribution in [-0.4, -0.2) is 28.5 Å². The number of carbonyl (C=O) groups excluding carboxylic acids is 1. The van der Waals surface area contributed by atoms with Gasteiger partial charge in [0.05, 0.1) is 0 Å². The summed E-state index contributed by atoms with van der Waals surface area (Å²) in [5.41, 5.74) is 1.90. The van der Waals surface area contributed by atoms with Crippen LogP contribution in [0.5, 0.6) is 0 Å². The van der Waals surface area contributed by atoms with Gasteiger partial charge in [-0.05, 0) is 54.2 Å². The number of aromatic nitrogens is 1. The maximum Gasteiger partial charge on any atom is 0.253 e. The first-order chi connectivity index (χ1) is 16.1. The van der Waals surface area contributed by atoms with Crippen LogP contribution in [0.2, 0.25) is 0 Å². The molecule has 3 rings (SSSR count). The summed E-state index contributed by atoms with van der Waals surface area (Å²) in [6, 6.07) is 14.8. The minimum absolute atomic E-state index is 0. The molecule has 0 bridgehead atoms. The maximum absolute atomic E-state index is 11.9. The van der Waals surface area contributed by atoms with E-state index in [4.69, 9.17) is 0 Å². The molecular weight excluding hydrogens is 444 g/mol. The van der Waals surface area contributed by atoms with Gasteiger partial charge >= 0.3 is 0 Å². The summed E-state index contributed by atoms with van der Waals surface area (Å²) in [5.74, 6) is 0.709. The van der Waals surface area contributed by atoms with Gasteiger partial charge in [-0.2, -0.15) is 0 Å². The Morgan fingerprint density at radius 3 is 1.64 bits per heavy atom. The van der Waals surface area contributed by atoms with Gasteiger partial charge in [0.2, 0.25) is 0 Å². The molecule has 0 unspecified atom stereocenters. The second-order valence-electron chi connectivity index (χ2n) is 12.8. The third-order valence-corrected chi connectivity index (χ3v) is 4.12. The fourth-order valence-corrected chi connectivity index (χ4v) is 2.87. The third kappa shape index (κ3) is 22.1. The predicted octanol–water partition coefficient (Wildman–Crippen LogP) is 8.56. The van der Waals surface area contributed by atoms with E-state index in [9.17, 15) is 9.59 Å². The number of pyridine rings is 1. The molecule has 2 heterocycles. The lowest BCUT2D eigenvalue weighted by atomic mass is 10.0. The highest BCUT2D eigenvalue weighted by Gasteiger charge is 2.17. The van der Waals surface area contributed by atoms with E-state index in [1.807, 2.05) is 47.5 Å². The largest absolute Gasteiger partial charge is 0.339 e. The fourth-order valence-electron chi connectivity index (χ4n) is 2.87. The lowest BCUT2D eigenvalue weighted by Crippen LogP contribution is -2.35. The first-order valence-corrected chi connectivity index (χ1v) is 13.1. The summed E-state index contributed by atoms with van der Waals surface area (Å²) >= 11 is 0. The van der Waals surface area contributed by atoms with E-state index in [1.165, 1.54) is 6.42 Å². The molecule has 1 aliphatic rings. The van der Waals surface area contributed by atoms with Crippen LogP contribution >= 0.6 is 0 Å². The number of hydrogen-bond acceptors (Lipinski definition) is 2. The highest BCUT2D eigenvalue weighted by atomic mass is 16.2. The molecule has 4 heteroatoms. The highest BCUT2D eigenvalue weighted by Crippen LogP contribution is 2.12. The normalized spacial score (nSPS) is 13.0. The van der Waals surface area contributed by atoms with E-state index in [-0.39, 0.29) is 18.9 Å². The summed E-state index contributed by atoms with van der Waals surface area (Å²) in [6.07, 6.45) is 5.39. The first kappa shape index (κ1) is 35.8. The van der Waals surface area contributed by atoms with Crippen LogP contribution in [0.25, 0.3) is 0 Å². The SMILES string of the molecule is C.CC(C)(C)C.CC(C)(C)C.CC(C)Cn1ccccc1=O.O=C(c1ccccc1)N1CCCCC1. The van der Waals surface area contributed by atoms with Crippen molar-refractivity contribution >= 4 is 5.91 Å². The molecule has 0 saturated carbocycles. The van der Waals surface area contributed by atoms with Gasteiger partial charge in [-0.25, -0.2) is 0 Å².